The Morgan fingerprint density at radius 1 is 0.947 bits per heavy atom. The maximum atomic E-state index is 5.85. The first-order chi connectivity index (χ1) is 9.31. The number of hydrogen-bond acceptors (Lipinski definition) is 3. The van der Waals surface area contributed by atoms with E-state index in [4.69, 9.17) is 21.1 Å². The molecule has 0 saturated heterocycles. The molecular weight excluding hydrogens is 262 g/mol. The highest BCUT2D eigenvalue weighted by Gasteiger charge is 2.11. The van der Waals surface area contributed by atoms with Crippen LogP contribution in [0.4, 0.5) is 5.69 Å². The van der Waals surface area contributed by atoms with Gasteiger partial charge in [0, 0.05) is 17.3 Å². The molecule has 0 saturated carbocycles. The SMILES string of the molecule is Clc1ccc(NCc2ccc3c(c2)OCCO3)cc1. The summed E-state index contributed by atoms with van der Waals surface area (Å²) in [6, 6.07) is 13.7. The van der Waals surface area contributed by atoms with Crippen molar-refractivity contribution in [2.24, 2.45) is 0 Å². The van der Waals surface area contributed by atoms with Crippen molar-refractivity contribution in [2.45, 2.75) is 6.54 Å². The molecule has 19 heavy (non-hydrogen) atoms. The molecule has 0 radical (unpaired) electrons. The van der Waals surface area contributed by atoms with Crippen molar-refractivity contribution in [2.75, 3.05) is 18.5 Å². The predicted octanol–water partition coefficient (Wildman–Crippen LogP) is 3.72. The van der Waals surface area contributed by atoms with Crippen LogP contribution in [0.1, 0.15) is 5.56 Å². The Bertz CT molecular complexity index is 569. The fraction of sp³-hybridized carbons (Fsp3) is 0.200. The fourth-order valence-electron chi connectivity index (χ4n) is 1.97. The van der Waals surface area contributed by atoms with Crippen LogP contribution < -0.4 is 14.8 Å². The van der Waals surface area contributed by atoms with E-state index in [1.807, 2.05) is 42.5 Å². The van der Waals surface area contributed by atoms with E-state index >= 15 is 0 Å². The topological polar surface area (TPSA) is 30.5 Å². The molecule has 0 fully saturated rings. The summed E-state index contributed by atoms with van der Waals surface area (Å²) >= 11 is 5.85. The lowest BCUT2D eigenvalue weighted by Gasteiger charge is -2.19. The van der Waals surface area contributed by atoms with Gasteiger partial charge in [0.1, 0.15) is 13.2 Å². The largest absolute Gasteiger partial charge is 0.486 e. The third kappa shape index (κ3) is 2.93. The highest BCUT2D eigenvalue weighted by Crippen LogP contribution is 2.30. The van der Waals surface area contributed by atoms with E-state index in [1.54, 1.807) is 0 Å². The molecule has 98 valence electrons. The van der Waals surface area contributed by atoms with Crippen molar-refractivity contribution in [3.63, 3.8) is 0 Å². The molecular formula is C15H14ClNO2. The second-order valence-corrected chi connectivity index (χ2v) is 4.77. The second-order valence-electron chi connectivity index (χ2n) is 4.34. The van der Waals surface area contributed by atoms with Crippen LogP contribution in [-0.2, 0) is 6.54 Å². The van der Waals surface area contributed by atoms with Gasteiger partial charge < -0.3 is 14.8 Å². The molecule has 0 aliphatic carbocycles. The van der Waals surface area contributed by atoms with Crippen LogP contribution in [0.3, 0.4) is 0 Å². The number of halogens is 1. The molecule has 0 unspecified atom stereocenters. The van der Waals surface area contributed by atoms with Gasteiger partial charge in [-0.25, -0.2) is 0 Å². The van der Waals surface area contributed by atoms with Crippen molar-refractivity contribution in [1.29, 1.82) is 0 Å². The first kappa shape index (κ1) is 12.2. The maximum absolute atomic E-state index is 5.85. The zero-order valence-electron chi connectivity index (χ0n) is 10.4. The Morgan fingerprint density at radius 2 is 1.68 bits per heavy atom. The third-order valence-electron chi connectivity index (χ3n) is 2.95. The molecule has 0 amide bonds. The highest BCUT2D eigenvalue weighted by molar-refractivity contribution is 6.30. The summed E-state index contributed by atoms with van der Waals surface area (Å²) < 4.78 is 11.1. The number of nitrogens with one attached hydrogen (secondary N) is 1. The van der Waals surface area contributed by atoms with E-state index < -0.39 is 0 Å². The van der Waals surface area contributed by atoms with Gasteiger partial charge in [-0.2, -0.15) is 0 Å². The van der Waals surface area contributed by atoms with Crippen molar-refractivity contribution in [3.05, 3.63) is 53.1 Å². The molecule has 1 aliphatic rings. The Balaban J connectivity index is 1.68. The van der Waals surface area contributed by atoms with E-state index in [0.29, 0.717) is 13.2 Å². The first-order valence-corrected chi connectivity index (χ1v) is 6.57. The van der Waals surface area contributed by atoms with Gasteiger partial charge in [-0.1, -0.05) is 17.7 Å². The molecule has 1 heterocycles. The van der Waals surface area contributed by atoms with Crippen molar-refractivity contribution < 1.29 is 9.47 Å². The summed E-state index contributed by atoms with van der Waals surface area (Å²) in [6.07, 6.45) is 0. The quantitative estimate of drug-likeness (QED) is 0.926. The lowest BCUT2D eigenvalue weighted by molar-refractivity contribution is 0.171. The highest BCUT2D eigenvalue weighted by atomic mass is 35.5. The van der Waals surface area contributed by atoms with Gasteiger partial charge in [-0.05, 0) is 42.0 Å². The second kappa shape index (κ2) is 5.41. The minimum absolute atomic E-state index is 0.612. The maximum Gasteiger partial charge on any atom is 0.161 e. The van der Waals surface area contributed by atoms with Crippen LogP contribution in [0.2, 0.25) is 5.02 Å². The monoisotopic (exact) mass is 275 g/mol. The number of hydrogen-bond donors (Lipinski definition) is 1. The first-order valence-electron chi connectivity index (χ1n) is 6.19. The van der Waals surface area contributed by atoms with E-state index in [2.05, 4.69) is 5.32 Å². The molecule has 0 spiro atoms. The Hall–Kier alpha value is -1.87. The van der Waals surface area contributed by atoms with E-state index in [-0.39, 0.29) is 0 Å². The van der Waals surface area contributed by atoms with Crippen molar-refractivity contribution >= 4 is 17.3 Å². The summed E-state index contributed by atoms with van der Waals surface area (Å²) in [4.78, 5) is 0. The van der Waals surface area contributed by atoms with Crippen molar-refractivity contribution in [3.8, 4) is 11.5 Å². The zero-order chi connectivity index (χ0) is 13.1. The van der Waals surface area contributed by atoms with E-state index in [0.717, 1.165) is 34.3 Å². The van der Waals surface area contributed by atoms with Crippen LogP contribution in [0.5, 0.6) is 11.5 Å². The predicted molar refractivity (Wildman–Crippen MR) is 76.2 cm³/mol. The molecule has 0 aromatic heterocycles. The summed E-state index contributed by atoms with van der Waals surface area (Å²) in [7, 11) is 0. The zero-order valence-corrected chi connectivity index (χ0v) is 11.1. The van der Waals surface area contributed by atoms with Gasteiger partial charge in [0.25, 0.3) is 0 Å². The molecule has 1 N–H and O–H groups in total. The van der Waals surface area contributed by atoms with Gasteiger partial charge >= 0.3 is 0 Å². The lowest BCUT2D eigenvalue weighted by Crippen LogP contribution is -2.15. The van der Waals surface area contributed by atoms with Gasteiger partial charge in [0.2, 0.25) is 0 Å². The standard InChI is InChI=1S/C15H14ClNO2/c16-12-2-4-13(5-3-12)17-10-11-1-6-14-15(9-11)19-8-7-18-14/h1-6,9,17H,7-8,10H2. The average Bonchev–Trinajstić information content (AvgIpc) is 2.46. The molecule has 4 heteroatoms. The minimum Gasteiger partial charge on any atom is -0.486 e. The number of anilines is 1. The van der Waals surface area contributed by atoms with Crippen LogP contribution >= 0.6 is 11.6 Å². The molecule has 1 aliphatic heterocycles. The van der Waals surface area contributed by atoms with Gasteiger partial charge in [0.15, 0.2) is 11.5 Å². The number of fused-ring (bicyclic) bond motifs is 1. The van der Waals surface area contributed by atoms with Gasteiger partial charge in [-0.3, -0.25) is 0 Å². The molecule has 0 atom stereocenters. The summed E-state index contributed by atoms with van der Waals surface area (Å²) in [5.74, 6) is 1.64. The van der Waals surface area contributed by atoms with Crippen LogP contribution in [0, 0.1) is 0 Å². The van der Waals surface area contributed by atoms with Gasteiger partial charge in [-0.15, -0.1) is 0 Å². The number of ether oxygens (including phenoxy) is 2. The molecule has 3 nitrogen and oxygen atoms in total. The Morgan fingerprint density at radius 3 is 2.47 bits per heavy atom. The molecule has 2 aromatic rings. The summed E-state index contributed by atoms with van der Waals surface area (Å²) in [5.41, 5.74) is 2.19. The van der Waals surface area contributed by atoms with Crippen LogP contribution in [0.15, 0.2) is 42.5 Å². The third-order valence-corrected chi connectivity index (χ3v) is 3.20. The lowest BCUT2D eigenvalue weighted by atomic mass is 10.2. The van der Waals surface area contributed by atoms with E-state index in [1.165, 1.54) is 0 Å². The van der Waals surface area contributed by atoms with Crippen LogP contribution in [-0.4, -0.2) is 13.2 Å². The summed E-state index contributed by atoms with van der Waals surface area (Å²) in [5, 5.41) is 4.08. The van der Waals surface area contributed by atoms with Crippen molar-refractivity contribution in [1.82, 2.24) is 0 Å². The normalized spacial score (nSPS) is 13.1. The summed E-state index contributed by atoms with van der Waals surface area (Å²) in [6.45, 7) is 1.97. The van der Waals surface area contributed by atoms with Gasteiger partial charge in [0.05, 0.1) is 0 Å². The number of rotatable bonds is 3. The molecule has 3 rings (SSSR count). The smallest absolute Gasteiger partial charge is 0.161 e. The average molecular weight is 276 g/mol. The number of benzene rings is 2. The fourth-order valence-corrected chi connectivity index (χ4v) is 2.10. The molecule has 2 aromatic carbocycles. The minimum atomic E-state index is 0.612. The Kier molecular flexibility index (Phi) is 3.47. The Labute approximate surface area is 117 Å². The van der Waals surface area contributed by atoms with Crippen LogP contribution in [0.25, 0.3) is 0 Å². The van der Waals surface area contributed by atoms with E-state index in [9.17, 15) is 0 Å². The molecule has 0 bridgehead atoms.